The molecule has 0 spiro atoms. The average Bonchev–Trinajstić information content (AvgIpc) is 2.15. The third kappa shape index (κ3) is 17.4. The molecule has 0 saturated heterocycles. The van der Waals surface area contributed by atoms with Crippen molar-refractivity contribution in [2.24, 2.45) is 0 Å². The SMILES string of the molecule is CCCCOCCOCCOC(=O)O.[Ba+2].[H-].[H-]. The van der Waals surface area contributed by atoms with Crippen LogP contribution < -0.4 is 0 Å². The van der Waals surface area contributed by atoms with Gasteiger partial charge in [-0.15, -0.1) is 0 Å². The summed E-state index contributed by atoms with van der Waals surface area (Å²) in [6, 6.07) is 0. The van der Waals surface area contributed by atoms with Crippen molar-refractivity contribution >= 4 is 55.0 Å². The monoisotopic (exact) mass is 346 g/mol. The Kier molecular flexibility index (Phi) is 17.8. The van der Waals surface area contributed by atoms with Gasteiger partial charge in [-0.25, -0.2) is 4.79 Å². The first-order valence-corrected chi connectivity index (χ1v) is 4.78. The van der Waals surface area contributed by atoms with Gasteiger partial charge < -0.3 is 22.2 Å². The molecule has 0 atom stereocenters. The van der Waals surface area contributed by atoms with Crippen LogP contribution in [0.5, 0.6) is 0 Å². The molecule has 0 amide bonds. The van der Waals surface area contributed by atoms with Crippen LogP contribution in [0.2, 0.25) is 0 Å². The van der Waals surface area contributed by atoms with Crippen molar-refractivity contribution in [1.29, 1.82) is 0 Å². The molecule has 1 N–H and O–H groups in total. The summed E-state index contributed by atoms with van der Waals surface area (Å²) in [6.07, 6.45) is 0.905. The Hall–Kier alpha value is 0.761. The maximum Gasteiger partial charge on any atom is 2.00 e. The summed E-state index contributed by atoms with van der Waals surface area (Å²) in [5.74, 6) is 0. The van der Waals surface area contributed by atoms with Crippen LogP contribution in [0.25, 0.3) is 0 Å². The van der Waals surface area contributed by atoms with Gasteiger partial charge in [0.15, 0.2) is 0 Å². The molecule has 15 heavy (non-hydrogen) atoms. The Morgan fingerprint density at radius 2 is 1.67 bits per heavy atom. The fraction of sp³-hybridized carbons (Fsp3) is 0.889. The molecule has 0 heterocycles. The molecule has 0 aliphatic carbocycles. The first kappa shape index (κ1) is 18.1. The molecule has 0 fully saturated rings. The van der Waals surface area contributed by atoms with Crippen LogP contribution in [0, 0.1) is 0 Å². The minimum atomic E-state index is -1.27. The van der Waals surface area contributed by atoms with Crippen molar-refractivity contribution < 1.29 is 27.0 Å². The standard InChI is InChI=1S/C9H18O5.Ba.2H/c1-2-3-4-12-5-6-13-7-8-14-9(10)11;;;/h2-8H2,1H3,(H,10,11);;;/q;+2;2*-1. The molecule has 0 rings (SSSR count). The number of hydrogen-bond acceptors (Lipinski definition) is 4. The van der Waals surface area contributed by atoms with Gasteiger partial charge in [-0.2, -0.15) is 0 Å². The summed E-state index contributed by atoms with van der Waals surface area (Å²) in [6.45, 7) is 4.24. The summed E-state index contributed by atoms with van der Waals surface area (Å²) in [7, 11) is 0. The number of carboxylic acid groups (broad SMARTS) is 1. The predicted molar refractivity (Wildman–Crippen MR) is 58.5 cm³/mol. The summed E-state index contributed by atoms with van der Waals surface area (Å²) in [4.78, 5) is 9.90. The van der Waals surface area contributed by atoms with E-state index in [0.29, 0.717) is 13.2 Å². The van der Waals surface area contributed by atoms with Crippen molar-refractivity contribution in [3.05, 3.63) is 0 Å². The van der Waals surface area contributed by atoms with Crippen LogP contribution in [0.1, 0.15) is 22.6 Å². The van der Waals surface area contributed by atoms with E-state index in [1.54, 1.807) is 0 Å². The maximum atomic E-state index is 9.90. The predicted octanol–water partition coefficient (Wildman–Crippen LogP) is 1.36. The van der Waals surface area contributed by atoms with Crippen LogP contribution in [0.3, 0.4) is 0 Å². The van der Waals surface area contributed by atoms with Gasteiger partial charge in [0.1, 0.15) is 6.61 Å². The van der Waals surface area contributed by atoms with Gasteiger partial charge in [0, 0.05) is 6.61 Å². The fourth-order valence-corrected chi connectivity index (χ4v) is 0.756. The minimum Gasteiger partial charge on any atom is -1.00 e. The summed E-state index contributed by atoms with van der Waals surface area (Å²) in [5, 5.41) is 8.11. The van der Waals surface area contributed by atoms with Gasteiger partial charge in [0.2, 0.25) is 0 Å². The van der Waals surface area contributed by atoms with E-state index in [4.69, 9.17) is 14.6 Å². The van der Waals surface area contributed by atoms with E-state index in [0.717, 1.165) is 19.4 Å². The Bertz CT molecular complexity index is 151. The molecular weight excluding hydrogens is 325 g/mol. The number of carbonyl (C=O) groups is 1. The van der Waals surface area contributed by atoms with Crippen molar-refractivity contribution in [3.8, 4) is 0 Å². The van der Waals surface area contributed by atoms with Crippen LogP contribution in [0.15, 0.2) is 0 Å². The topological polar surface area (TPSA) is 65.0 Å². The number of ether oxygens (including phenoxy) is 3. The fourth-order valence-electron chi connectivity index (χ4n) is 0.756. The zero-order valence-corrected chi connectivity index (χ0v) is 13.7. The van der Waals surface area contributed by atoms with Crippen LogP contribution in [0.4, 0.5) is 4.79 Å². The van der Waals surface area contributed by atoms with Gasteiger partial charge in [-0.1, -0.05) is 13.3 Å². The molecule has 0 aliphatic heterocycles. The second-order valence-electron chi connectivity index (χ2n) is 2.69. The molecule has 0 aromatic carbocycles. The Labute approximate surface area is 134 Å². The molecule has 0 radical (unpaired) electrons. The van der Waals surface area contributed by atoms with E-state index >= 15 is 0 Å². The molecule has 0 bridgehead atoms. The molecular formula is C9H20BaO5. The van der Waals surface area contributed by atoms with Gasteiger partial charge in [-0.05, 0) is 6.42 Å². The number of rotatable bonds is 9. The molecule has 0 saturated carbocycles. The van der Waals surface area contributed by atoms with E-state index in [1.165, 1.54) is 0 Å². The first-order chi connectivity index (χ1) is 6.77. The normalized spacial score (nSPS) is 9.40. The van der Waals surface area contributed by atoms with E-state index in [9.17, 15) is 4.79 Å². The van der Waals surface area contributed by atoms with Crippen molar-refractivity contribution in [1.82, 2.24) is 0 Å². The third-order valence-electron chi connectivity index (χ3n) is 1.47. The van der Waals surface area contributed by atoms with Crippen molar-refractivity contribution in [3.63, 3.8) is 0 Å². The number of hydrogen-bond donors (Lipinski definition) is 1. The van der Waals surface area contributed by atoms with Crippen molar-refractivity contribution in [2.75, 3.05) is 33.0 Å². The largest absolute Gasteiger partial charge is 2.00 e. The zero-order valence-electron chi connectivity index (χ0n) is 11.2. The average molecular weight is 346 g/mol. The van der Waals surface area contributed by atoms with E-state index < -0.39 is 6.16 Å². The Morgan fingerprint density at radius 3 is 2.20 bits per heavy atom. The summed E-state index contributed by atoms with van der Waals surface area (Å²) >= 11 is 0. The molecule has 0 aliphatic rings. The van der Waals surface area contributed by atoms with Crippen LogP contribution in [-0.4, -0.2) is 93.2 Å². The van der Waals surface area contributed by atoms with E-state index in [2.05, 4.69) is 11.7 Å². The third-order valence-corrected chi connectivity index (χ3v) is 1.47. The van der Waals surface area contributed by atoms with E-state index in [-0.39, 0.29) is 64.9 Å². The minimum absolute atomic E-state index is 0. The van der Waals surface area contributed by atoms with Crippen LogP contribution in [-0.2, 0) is 14.2 Å². The zero-order chi connectivity index (χ0) is 10.6. The van der Waals surface area contributed by atoms with Crippen molar-refractivity contribution in [2.45, 2.75) is 19.8 Å². The molecule has 0 aromatic heterocycles. The second kappa shape index (κ2) is 14.8. The Morgan fingerprint density at radius 1 is 1.13 bits per heavy atom. The van der Waals surface area contributed by atoms with Gasteiger partial charge in [0.25, 0.3) is 0 Å². The Balaban J connectivity index is -0.000000282. The summed E-state index contributed by atoms with van der Waals surface area (Å²) < 4.78 is 14.5. The molecule has 0 aromatic rings. The van der Waals surface area contributed by atoms with Gasteiger partial charge in [0.05, 0.1) is 19.8 Å². The number of unbranched alkanes of at least 4 members (excludes halogenated alkanes) is 1. The molecule has 6 heteroatoms. The molecule has 0 unspecified atom stereocenters. The van der Waals surface area contributed by atoms with Gasteiger partial charge in [-0.3, -0.25) is 0 Å². The molecule has 5 nitrogen and oxygen atoms in total. The first-order valence-electron chi connectivity index (χ1n) is 4.78. The quantitative estimate of drug-likeness (QED) is 0.388. The second-order valence-corrected chi connectivity index (χ2v) is 2.69. The van der Waals surface area contributed by atoms with E-state index in [1.807, 2.05) is 0 Å². The molecule has 88 valence electrons. The maximum absolute atomic E-state index is 9.90. The smallest absolute Gasteiger partial charge is 1.00 e. The summed E-state index contributed by atoms with van der Waals surface area (Å²) in [5.41, 5.74) is 0. The van der Waals surface area contributed by atoms with Gasteiger partial charge >= 0.3 is 55.0 Å². The van der Waals surface area contributed by atoms with Crippen LogP contribution >= 0.6 is 0 Å².